The van der Waals surface area contributed by atoms with E-state index in [0.29, 0.717) is 9.36 Å². The van der Waals surface area contributed by atoms with Crippen molar-refractivity contribution in [2.24, 2.45) is 0 Å². The van der Waals surface area contributed by atoms with Crippen LogP contribution in [-0.4, -0.2) is 4.98 Å². The zero-order chi connectivity index (χ0) is 7.84. The van der Waals surface area contributed by atoms with Crippen LogP contribution >= 0.6 is 34.5 Å². The van der Waals surface area contributed by atoms with Crippen LogP contribution in [-0.2, 0) is 0 Å². The van der Waals surface area contributed by atoms with Crippen molar-refractivity contribution in [3.63, 3.8) is 0 Å². The number of nitrogens with zero attached hydrogens (tertiary/aromatic N) is 1. The van der Waals surface area contributed by atoms with Crippen LogP contribution in [0.5, 0.6) is 0 Å². The molecule has 2 aromatic rings. The van der Waals surface area contributed by atoms with E-state index in [1.54, 1.807) is 12.3 Å². The number of pyridine rings is 1. The molecule has 0 atom stereocenters. The third-order valence-electron chi connectivity index (χ3n) is 1.31. The molecule has 2 rings (SSSR count). The van der Waals surface area contributed by atoms with Gasteiger partial charge in [-0.2, -0.15) is 0 Å². The predicted molar refractivity (Wildman–Crippen MR) is 48.5 cm³/mol. The first kappa shape index (κ1) is 7.35. The third-order valence-corrected chi connectivity index (χ3v) is 3.23. The number of rotatable bonds is 0. The Kier molecular flexibility index (Phi) is 1.75. The first-order chi connectivity index (χ1) is 5.29. The average molecular weight is 203 g/mol. The van der Waals surface area contributed by atoms with E-state index in [2.05, 4.69) is 11.1 Å². The second kappa shape index (κ2) is 2.63. The maximum atomic E-state index is 5.86. The molecule has 55 valence electrons. The lowest BCUT2D eigenvalue weighted by Crippen LogP contribution is -1.67. The summed E-state index contributed by atoms with van der Waals surface area (Å²) < 4.78 is 0.591. The smallest absolute Gasteiger partial charge is 0.126 e. The molecule has 0 bridgehead atoms. The highest BCUT2D eigenvalue weighted by Gasteiger charge is 2.07. The zero-order valence-corrected chi connectivity index (χ0v) is 7.59. The lowest BCUT2D eigenvalue weighted by atomic mass is 10.3. The van der Waals surface area contributed by atoms with Gasteiger partial charge in [0.1, 0.15) is 9.17 Å². The van der Waals surface area contributed by atoms with Crippen molar-refractivity contribution >= 4 is 44.8 Å². The van der Waals surface area contributed by atoms with E-state index in [1.165, 1.54) is 11.3 Å². The minimum Gasteiger partial charge on any atom is -0.245 e. The fourth-order valence-electron chi connectivity index (χ4n) is 0.822. The van der Waals surface area contributed by atoms with Gasteiger partial charge in [-0.15, -0.1) is 11.3 Å². The Hall–Kier alpha value is -0.310. The van der Waals surface area contributed by atoms with Crippen LogP contribution < -0.4 is 0 Å². The third kappa shape index (κ3) is 1.11. The molecular formula is C7H2Cl2NS. The van der Waals surface area contributed by atoms with Crippen molar-refractivity contribution in [1.82, 2.24) is 4.98 Å². The van der Waals surface area contributed by atoms with Crippen molar-refractivity contribution in [3.8, 4) is 0 Å². The molecule has 4 heteroatoms. The Morgan fingerprint density at radius 2 is 2.27 bits per heavy atom. The van der Waals surface area contributed by atoms with E-state index >= 15 is 0 Å². The van der Waals surface area contributed by atoms with E-state index < -0.39 is 0 Å². The summed E-state index contributed by atoms with van der Waals surface area (Å²) in [5, 5.41) is 1.46. The summed E-state index contributed by atoms with van der Waals surface area (Å²) in [7, 11) is 0. The fourth-order valence-corrected chi connectivity index (χ4v) is 2.20. The van der Waals surface area contributed by atoms with E-state index in [-0.39, 0.29) is 0 Å². The second-order valence-corrected chi connectivity index (χ2v) is 3.96. The maximum Gasteiger partial charge on any atom is 0.126 e. The normalized spacial score (nSPS) is 10.7. The first-order valence-corrected chi connectivity index (χ1v) is 4.46. The number of hydrogen-bond donors (Lipinski definition) is 0. The van der Waals surface area contributed by atoms with Crippen LogP contribution in [0.15, 0.2) is 12.3 Å². The van der Waals surface area contributed by atoms with Gasteiger partial charge in [-0.1, -0.05) is 23.2 Å². The quantitative estimate of drug-likeness (QED) is 0.639. The molecule has 0 N–H and O–H groups in total. The van der Waals surface area contributed by atoms with Gasteiger partial charge in [-0.05, 0) is 6.07 Å². The van der Waals surface area contributed by atoms with Crippen molar-refractivity contribution in [2.75, 3.05) is 0 Å². The zero-order valence-electron chi connectivity index (χ0n) is 5.27. The molecule has 1 radical (unpaired) electrons. The monoisotopic (exact) mass is 202 g/mol. The average Bonchev–Trinajstić information content (AvgIpc) is 2.30. The minimum atomic E-state index is 0.580. The number of hydrogen-bond acceptors (Lipinski definition) is 2. The Labute approximate surface area is 77.6 Å². The minimum absolute atomic E-state index is 0.580. The molecule has 0 spiro atoms. The Bertz CT molecular complexity index is 396. The summed E-state index contributed by atoms with van der Waals surface area (Å²) in [6, 6.07) is 4.63. The molecular weight excluding hydrogens is 201 g/mol. The molecule has 1 nitrogen and oxygen atoms in total. The molecule has 2 aromatic heterocycles. The molecule has 0 amide bonds. The van der Waals surface area contributed by atoms with E-state index in [9.17, 15) is 0 Å². The lowest BCUT2D eigenvalue weighted by molar-refractivity contribution is 1.44. The SMILES string of the molecule is Clc1sc2nc[c]cc2c1Cl. The second-order valence-electron chi connectivity index (χ2n) is 1.98. The van der Waals surface area contributed by atoms with Crippen LogP contribution in [0.25, 0.3) is 10.2 Å². The summed E-state index contributed by atoms with van der Waals surface area (Å²) in [6.45, 7) is 0. The summed E-state index contributed by atoms with van der Waals surface area (Å²) >= 11 is 13.0. The van der Waals surface area contributed by atoms with Crippen molar-refractivity contribution in [2.45, 2.75) is 0 Å². The molecule has 0 aliphatic heterocycles. The molecule has 0 aliphatic rings. The Balaban J connectivity index is 2.92. The van der Waals surface area contributed by atoms with Crippen molar-refractivity contribution in [1.29, 1.82) is 0 Å². The van der Waals surface area contributed by atoms with Gasteiger partial charge in [0.25, 0.3) is 0 Å². The molecule has 0 saturated heterocycles. The molecule has 0 aliphatic carbocycles. The summed E-state index contributed by atoms with van der Waals surface area (Å²) in [5.41, 5.74) is 0. The Morgan fingerprint density at radius 1 is 1.45 bits per heavy atom. The van der Waals surface area contributed by atoms with E-state index in [4.69, 9.17) is 23.2 Å². The molecule has 0 saturated carbocycles. The highest BCUT2D eigenvalue weighted by atomic mass is 35.5. The topological polar surface area (TPSA) is 12.9 Å². The van der Waals surface area contributed by atoms with Gasteiger partial charge in [0.15, 0.2) is 0 Å². The van der Waals surface area contributed by atoms with Crippen LogP contribution in [0.1, 0.15) is 0 Å². The maximum absolute atomic E-state index is 5.86. The van der Waals surface area contributed by atoms with Crippen LogP contribution in [0.2, 0.25) is 9.36 Å². The van der Waals surface area contributed by atoms with E-state index in [1.807, 2.05) is 0 Å². The molecule has 2 heterocycles. The predicted octanol–water partition coefficient (Wildman–Crippen LogP) is 3.40. The summed E-state index contributed by atoms with van der Waals surface area (Å²) in [6.07, 6.45) is 1.60. The van der Waals surface area contributed by atoms with Gasteiger partial charge >= 0.3 is 0 Å². The summed E-state index contributed by atoms with van der Waals surface area (Å²) in [5.74, 6) is 0. The number of thiophene rings is 1. The fraction of sp³-hybridized carbons (Fsp3) is 0. The standard InChI is InChI=1S/C7H2Cl2NS/c8-5-4-2-1-3-10-7(4)11-6(5)9/h2-3H. The van der Waals surface area contributed by atoms with Gasteiger partial charge in [0.05, 0.1) is 5.02 Å². The van der Waals surface area contributed by atoms with Crippen LogP contribution in [0.4, 0.5) is 0 Å². The number of fused-ring (bicyclic) bond motifs is 1. The van der Waals surface area contributed by atoms with E-state index in [0.717, 1.165) is 10.2 Å². The number of halogens is 2. The van der Waals surface area contributed by atoms with Gasteiger partial charge in [0.2, 0.25) is 0 Å². The van der Waals surface area contributed by atoms with Crippen LogP contribution in [0, 0.1) is 6.07 Å². The molecule has 0 aromatic carbocycles. The molecule has 0 fully saturated rings. The highest BCUT2D eigenvalue weighted by Crippen LogP contribution is 2.37. The Morgan fingerprint density at radius 3 is 3.00 bits per heavy atom. The largest absolute Gasteiger partial charge is 0.245 e. The van der Waals surface area contributed by atoms with Crippen LogP contribution in [0.3, 0.4) is 0 Å². The summed E-state index contributed by atoms with van der Waals surface area (Å²) in [4.78, 5) is 4.92. The molecule has 11 heavy (non-hydrogen) atoms. The first-order valence-electron chi connectivity index (χ1n) is 2.88. The van der Waals surface area contributed by atoms with Crippen molar-refractivity contribution < 1.29 is 0 Å². The van der Waals surface area contributed by atoms with Gasteiger partial charge in [0, 0.05) is 17.6 Å². The van der Waals surface area contributed by atoms with Gasteiger partial charge in [-0.3, -0.25) is 0 Å². The highest BCUT2D eigenvalue weighted by molar-refractivity contribution is 7.23. The van der Waals surface area contributed by atoms with Gasteiger partial charge in [-0.25, -0.2) is 4.98 Å². The van der Waals surface area contributed by atoms with Gasteiger partial charge < -0.3 is 0 Å². The molecule has 0 unspecified atom stereocenters. The number of aromatic nitrogens is 1. The van der Waals surface area contributed by atoms with Crippen molar-refractivity contribution in [3.05, 3.63) is 27.7 Å². The lowest BCUT2D eigenvalue weighted by Gasteiger charge is -1.84.